The summed E-state index contributed by atoms with van der Waals surface area (Å²) < 4.78 is 0. The van der Waals surface area contributed by atoms with E-state index in [2.05, 4.69) is 40.5 Å². The number of benzene rings is 3. The second kappa shape index (κ2) is 7.91. The number of hydrogen-bond donors (Lipinski definition) is 1. The number of hydrogen-bond acceptors (Lipinski definition) is 2. The van der Waals surface area contributed by atoms with Gasteiger partial charge in [0.25, 0.3) is 0 Å². The molecule has 3 aromatic rings. The van der Waals surface area contributed by atoms with Gasteiger partial charge in [0.05, 0.1) is 11.6 Å². The van der Waals surface area contributed by atoms with Gasteiger partial charge in [-0.2, -0.15) is 0 Å². The van der Waals surface area contributed by atoms with E-state index in [1.807, 2.05) is 41.3 Å². The minimum absolute atomic E-state index is 0.0294. The average molecular weight is 440 g/mol. The van der Waals surface area contributed by atoms with E-state index in [9.17, 15) is 9.59 Å². The summed E-state index contributed by atoms with van der Waals surface area (Å²) in [5.41, 5.74) is 3.55. The number of rotatable bonds is 2. The summed E-state index contributed by atoms with van der Waals surface area (Å²) in [6.45, 7) is 3.17. The van der Waals surface area contributed by atoms with Gasteiger partial charge in [-0.3, -0.25) is 4.79 Å². The third-order valence-corrected chi connectivity index (χ3v) is 8.05. The number of carbonyl (C=O) groups excluding carboxylic acids is 2. The fourth-order valence-electron chi connectivity index (χ4n) is 5.94. The Morgan fingerprint density at radius 1 is 0.818 bits per heavy atom. The topological polar surface area (TPSA) is 52.7 Å². The minimum Gasteiger partial charge on any atom is -0.342 e. The Balaban J connectivity index is 1.07. The summed E-state index contributed by atoms with van der Waals surface area (Å²) in [7, 11) is 0. The molecule has 0 radical (unpaired) electrons. The molecule has 1 spiro atoms. The lowest BCUT2D eigenvalue weighted by Gasteiger charge is -2.39. The van der Waals surface area contributed by atoms with E-state index in [-0.39, 0.29) is 17.4 Å². The number of anilines is 1. The van der Waals surface area contributed by atoms with E-state index >= 15 is 0 Å². The van der Waals surface area contributed by atoms with Crippen molar-refractivity contribution in [3.8, 4) is 0 Å². The number of amides is 3. The van der Waals surface area contributed by atoms with Crippen LogP contribution in [-0.4, -0.2) is 47.9 Å². The van der Waals surface area contributed by atoms with Gasteiger partial charge >= 0.3 is 6.03 Å². The zero-order valence-corrected chi connectivity index (χ0v) is 18.8. The molecule has 2 heterocycles. The normalized spacial score (nSPS) is 21.0. The smallest absolute Gasteiger partial charge is 0.321 e. The zero-order valence-electron chi connectivity index (χ0n) is 18.8. The Morgan fingerprint density at radius 3 is 2.33 bits per heavy atom. The molecule has 0 saturated carbocycles. The SMILES string of the molecule is O=C(Nc1cccc2ccccc12)N1CCC2(CC1)CCN(C(=O)C1Cc3ccccc31)C2. The summed E-state index contributed by atoms with van der Waals surface area (Å²) in [4.78, 5) is 30.2. The van der Waals surface area contributed by atoms with Crippen LogP contribution in [0.2, 0.25) is 0 Å². The molecule has 3 aliphatic rings. The Bertz CT molecular complexity index is 1220. The molecular formula is C28H29N3O2. The van der Waals surface area contributed by atoms with Crippen molar-refractivity contribution in [2.24, 2.45) is 5.41 Å². The van der Waals surface area contributed by atoms with Crippen molar-refractivity contribution in [1.82, 2.24) is 9.80 Å². The lowest BCUT2D eigenvalue weighted by molar-refractivity contribution is -0.132. The van der Waals surface area contributed by atoms with Crippen LogP contribution in [0.25, 0.3) is 10.8 Å². The highest BCUT2D eigenvalue weighted by Gasteiger charge is 2.45. The Labute approximate surface area is 194 Å². The van der Waals surface area contributed by atoms with Crippen LogP contribution < -0.4 is 5.32 Å². The van der Waals surface area contributed by atoms with Gasteiger partial charge in [0.1, 0.15) is 0 Å². The highest BCUT2D eigenvalue weighted by Crippen LogP contribution is 2.43. The molecule has 5 nitrogen and oxygen atoms in total. The standard InChI is InChI=1S/C28H29N3O2/c32-26(24-18-21-7-2-3-9-22(21)24)31-17-14-28(19-31)12-15-30(16-13-28)27(33)29-25-11-5-8-20-6-1-4-10-23(20)25/h1-11,24H,12-19H2,(H,29,33). The number of fused-ring (bicyclic) bond motifs is 2. The summed E-state index contributed by atoms with van der Waals surface area (Å²) in [5, 5.41) is 5.31. The van der Waals surface area contributed by atoms with Crippen molar-refractivity contribution in [2.75, 3.05) is 31.5 Å². The average Bonchev–Trinajstić information content (AvgIpc) is 3.24. The molecule has 1 aliphatic carbocycles. The third-order valence-electron chi connectivity index (χ3n) is 8.05. The molecule has 168 valence electrons. The van der Waals surface area contributed by atoms with E-state index in [0.29, 0.717) is 5.91 Å². The van der Waals surface area contributed by atoms with Gasteiger partial charge in [0, 0.05) is 31.6 Å². The van der Waals surface area contributed by atoms with Crippen molar-refractivity contribution >= 4 is 28.4 Å². The van der Waals surface area contributed by atoms with Crippen molar-refractivity contribution in [3.63, 3.8) is 0 Å². The van der Waals surface area contributed by atoms with E-state index in [0.717, 1.165) is 68.3 Å². The molecule has 2 fully saturated rings. The Morgan fingerprint density at radius 2 is 1.52 bits per heavy atom. The van der Waals surface area contributed by atoms with E-state index in [1.165, 1.54) is 11.1 Å². The predicted molar refractivity (Wildman–Crippen MR) is 130 cm³/mol. The Hall–Kier alpha value is -3.34. The highest BCUT2D eigenvalue weighted by molar-refractivity contribution is 6.01. The first-order valence-corrected chi connectivity index (χ1v) is 12.0. The summed E-state index contributed by atoms with van der Waals surface area (Å²) in [5.74, 6) is 0.338. The van der Waals surface area contributed by atoms with Gasteiger partial charge in [0.2, 0.25) is 5.91 Å². The van der Waals surface area contributed by atoms with Crippen LogP contribution in [0.1, 0.15) is 36.3 Å². The number of nitrogens with zero attached hydrogens (tertiary/aromatic N) is 2. The van der Waals surface area contributed by atoms with Crippen LogP contribution in [0.15, 0.2) is 66.7 Å². The first-order chi connectivity index (χ1) is 16.1. The molecule has 0 bridgehead atoms. The fourth-order valence-corrected chi connectivity index (χ4v) is 5.94. The molecule has 6 rings (SSSR count). The molecule has 5 heteroatoms. The van der Waals surface area contributed by atoms with Crippen molar-refractivity contribution < 1.29 is 9.59 Å². The molecular weight excluding hydrogens is 410 g/mol. The molecule has 1 unspecified atom stereocenters. The van der Waals surface area contributed by atoms with Gasteiger partial charge in [0.15, 0.2) is 0 Å². The maximum atomic E-state index is 13.2. The van der Waals surface area contributed by atoms with Crippen molar-refractivity contribution in [3.05, 3.63) is 77.9 Å². The highest BCUT2D eigenvalue weighted by atomic mass is 16.2. The van der Waals surface area contributed by atoms with Crippen LogP contribution >= 0.6 is 0 Å². The van der Waals surface area contributed by atoms with Gasteiger partial charge in [-0.05, 0) is 53.7 Å². The summed E-state index contributed by atoms with van der Waals surface area (Å²) >= 11 is 0. The first kappa shape index (κ1) is 20.3. The fraction of sp³-hybridized carbons (Fsp3) is 0.357. The van der Waals surface area contributed by atoms with Crippen LogP contribution in [0, 0.1) is 5.41 Å². The lowest BCUT2D eigenvalue weighted by atomic mass is 9.76. The minimum atomic E-state index is -0.0294. The number of urea groups is 1. The van der Waals surface area contributed by atoms with Gasteiger partial charge in [-0.25, -0.2) is 4.79 Å². The molecule has 0 aromatic heterocycles. The third kappa shape index (κ3) is 3.56. The lowest BCUT2D eigenvalue weighted by Crippen LogP contribution is -2.46. The molecule has 2 saturated heterocycles. The van der Waals surface area contributed by atoms with Gasteiger partial charge in [-0.1, -0.05) is 60.7 Å². The van der Waals surface area contributed by atoms with Gasteiger partial charge < -0.3 is 15.1 Å². The zero-order chi connectivity index (χ0) is 22.4. The number of piperidine rings is 1. The molecule has 1 N–H and O–H groups in total. The van der Waals surface area contributed by atoms with Crippen LogP contribution in [0.4, 0.5) is 10.5 Å². The molecule has 2 aliphatic heterocycles. The largest absolute Gasteiger partial charge is 0.342 e. The second-order valence-electron chi connectivity index (χ2n) is 9.91. The summed E-state index contributed by atoms with van der Waals surface area (Å²) in [6.07, 6.45) is 3.84. The van der Waals surface area contributed by atoms with Crippen LogP contribution in [-0.2, 0) is 11.2 Å². The van der Waals surface area contributed by atoms with Gasteiger partial charge in [-0.15, -0.1) is 0 Å². The number of carbonyl (C=O) groups is 2. The van der Waals surface area contributed by atoms with Crippen molar-refractivity contribution in [1.29, 1.82) is 0 Å². The predicted octanol–water partition coefficient (Wildman–Crippen LogP) is 5.03. The molecule has 3 aromatic carbocycles. The maximum absolute atomic E-state index is 13.2. The molecule has 33 heavy (non-hydrogen) atoms. The van der Waals surface area contributed by atoms with Crippen LogP contribution in [0.3, 0.4) is 0 Å². The quantitative estimate of drug-likeness (QED) is 0.609. The maximum Gasteiger partial charge on any atom is 0.321 e. The number of nitrogens with one attached hydrogen (secondary N) is 1. The molecule has 1 atom stereocenters. The van der Waals surface area contributed by atoms with Crippen molar-refractivity contribution in [2.45, 2.75) is 31.6 Å². The van der Waals surface area contributed by atoms with Crippen LogP contribution in [0.5, 0.6) is 0 Å². The van der Waals surface area contributed by atoms with E-state index in [1.54, 1.807) is 0 Å². The second-order valence-corrected chi connectivity index (χ2v) is 9.91. The monoisotopic (exact) mass is 439 g/mol. The number of likely N-dealkylation sites (tertiary alicyclic amines) is 2. The Kier molecular flexibility index (Phi) is 4.86. The summed E-state index contributed by atoms with van der Waals surface area (Å²) in [6, 6.07) is 22.4. The molecule has 3 amide bonds. The first-order valence-electron chi connectivity index (χ1n) is 12.0. The van der Waals surface area contributed by atoms with E-state index in [4.69, 9.17) is 0 Å². The van der Waals surface area contributed by atoms with E-state index < -0.39 is 0 Å².